The van der Waals surface area contributed by atoms with E-state index in [1.807, 2.05) is 24.1 Å². The number of pyridine rings is 2. The normalized spacial score (nSPS) is 10.1. The van der Waals surface area contributed by atoms with Crippen molar-refractivity contribution in [1.29, 1.82) is 0 Å². The van der Waals surface area contributed by atoms with Crippen molar-refractivity contribution in [2.45, 2.75) is 6.42 Å². The quantitative estimate of drug-likeness (QED) is 0.751. The van der Waals surface area contributed by atoms with Gasteiger partial charge in [-0.15, -0.1) is 0 Å². The Morgan fingerprint density at radius 1 is 1.22 bits per heavy atom. The van der Waals surface area contributed by atoms with Gasteiger partial charge in [-0.25, -0.2) is 4.98 Å². The van der Waals surface area contributed by atoms with Crippen molar-refractivity contribution in [3.05, 3.63) is 54.0 Å². The van der Waals surface area contributed by atoms with E-state index in [1.54, 1.807) is 30.7 Å². The molecule has 0 fully saturated rings. The van der Waals surface area contributed by atoms with E-state index in [1.165, 1.54) is 5.56 Å². The maximum absolute atomic E-state index is 10.9. The molecule has 0 saturated heterocycles. The van der Waals surface area contributed by atoms with Gasteiger partial charge in [0.1, 0.15) is 5.82 Å². The highest BCUT2D eigenvalue weighted by Crippen LogP contribution is 2.13. The Hall–Kier alpha value is -2.23. The predicted octanol–water partition coefficient (Wildman–Crippen LogP) is 1.97. The van der Waals surface area contributed by atoms with Crippen LogP contribution >= 0.6 is 0 Å². The SMILES string of the molecule is CN(CCc1ccncc1)c1ncccc1C=O. The van der Waals surface area contributed by atoms with Crippen LogP contribution in [0.1, 0.15) is 15.9 Å². The molecule has 2 rings (SSSR count). The summed E-state index contributed by atoms with van der Waals surface area (Å²) in [4.78, 5) is 21.2. The fourth-order valence-electron chi connectivity index (χ4n) is 1.77. The average Bonchev–Trinajstić information content (AvgIpc) is 2.45. The number of nitrogens with zero attached hydrogens (tertiary/aromatic N) is 3. The summed E-state index contributed by atoms with van der Waals surface area (Å²) in [6, 6.07) is 7.53. The summed E-state index contributed by atoms with van der Waals surface area (Å²) >= 11 is 0. The molecule has 0 radical (unpaired) electrons. The average molecular weight is 241 g/mol. The molecule has 92 valence electrons. The van der Waals surface area contributed by atoms with E-state index >= 15 is 0 Å². The second-order valence-corrected chi connectivity index (χ2v) is 4.06. The van der Waals surface area contributed by atoms with E-state index in [9.17, 15) is 4.79 Å². The molecule has 0 aliphatic heterocycles. The maximum Gasteiger partial charge on any atom is 0.153 e. The van der Waals surface area contributed by atoms with Crippen molar-refractivity contribution in [3.8, 4) is 0 Å². The fourth-order valence-corrected chi connectivity index (χ4v) is 1.77. The summed E-state index contributed by atoms with van der Waals surface area (Å²) in [6.45, 7) is 0.807. The first-order valence-corrected chi connectivity index (χ1v) is 5.81. The fraction of sp³-hybridized carbons (Fsp3) is 0.214. The first kappa shape index (κ1) is 12.2. The van der Waals surface area contributed by atoms with Crippen LogP contribution in [0.25, 0.3) is 0 Å². The Morgan fingerprint density at radius 2 is 2.00 bits per heavy atom. The van der Waals surface area contributed by atoms with Crippen molar-refractivity contribution in [2.75, 3.05) is 18.5 Å². The zero-order valence-electron chi connectivity index (χ0n) is 10.3. The van der Waals surface area contributed by atoms with Crippen LogP contribution in [0, 0.1) is 0 Å². The van der Waals surface area contributed by atoms with Gasteiger partial charge in [0, 0.05) is 32.2 Å². The number of carbonyl (C=O) groups is 1. The first-order chi connectivity index (χ1) is 8.81. The number of anilines is 1. The number of hydrogen-bond acceptors (Lipinski definition) is 4. The molecular formula is C14H15N3O. The van der Waals surface area contributed by atoms with Gasteiger partial charge in [0.05, 0.1) is 5.56 Å². The van der Waals surface area contributed by atoms with Crippen LogP contribution in [0.3, 0.4) is 0 Å². The van der Waals surface area contributed by atoms with Gasteiger partial charge < -0.3 is 4.90 Å². The number of aldehydes is 1. The minimum Gasteiger partial charge on any atom is -0.359 e. The van der Waals surface area contributed by atoms with Crippen molar-refractivity contribution in [3.63, 3.8) is 0 Å². The molecule has 4 nitrogen and oxygen atoms in total. The first-order valence-electron chi connectivity index (χ1n) is 5.81. The van der Waals surface area contributed by atoms with Gasteiger partial charge in [0.15, 0.2) is 6.29 Å². The number of rotatable bonds is 5. The maximum atomic E-state index is 10.9. The van der Waals surface area contributed by atoms with E-state index in [-0.39, 0.29) is 0 Å². The van der Waals surface area contributed by atoms with Crippen LogP contribution in [0.5, 0.6) is 0 Å². The third-order valence-electron chi connectivity index (χ3n) is 2.79. The molecule has 0 saturated carbocycles. The highest BCUT2D eigenvalue weighted by molar-refractivity contribution is 5.82. The van der Waals surface area contributed by atoms with Crippen molar-refractivity contribution in [1.82, 2.24) is 9.97 Å². The van der Waals surface area contributed by atoms with Crippen LogP contribution in [0.4, 0.5) is 5.82 Å². The standard InChI is InChI=1S/C14H15N3O/c1-17(10-6-12-4-8-15-9-5-12)14-13(11-18)3-2-7-16-14/h2-5,7-9,11H,6,10H2,1H3. The summed E-state index contributed by atoms with van der Waals surface area (Å²) in [5.74, 6) is 0.724. The van der Waals surface area contributed by atoms with Crippen LogP contribution in [-0.4, -0.2) is 29.8 Å². The molecule has 0 amide bonds. The van der Waals surface area contributed by atoms with Gasteiger partial charge in [0.25, 0.3) is 0 Å². The molecule has 0 atom stereocenters. The van der Waals surface area contributed by atoms with E-state index < -0.39 is 0 Å². The van der Waals surface area contributed by atoms with Gasteiger partial charge in [-0.05, 0) is 36.2 Å². The third kappa shape index (κ3) is 2.91. The Labute approximate surface area is 106 Å². The molecular weight excluding hydrogens is 226 g/mol. The summed E-state index contributed by atoms with van der Waals surface area (Å²) in [7, 11) is 1.94. The van der Waals surface area contributed by atoms with E-state index in [4.69, 9.17) is 0 Å². The van der Waals surface area contributed by atoms with Crippen LogP contribution < -0.4 is 4.90 Å². The Bertz CT molecular complexity index is 513. The molecule has 2 aromatic rings. The van der Waals surface area contributed by atoms with E-state index in [2.05, 4.69) is 9.97 Å². The molecule has 0 unspecified atom stereocenters. The van der Waals surface area contributed by atoms with Crippen LogP contribution in [0.15, 0.2) is 42.9 Å². The summed E-state index contributed by atoms with van der Waals surface area (Å²) < 4.78 is 0. The summed E-state index contributed by atoms with van der Waals surface area (Å²) in [5.41, 5.74) is 1.84. The van der Waals surface area contributed by atoms with Gasteiger partial charge in [0.2, 0.25) is 0 Å². The van der Waals surface area contributed by atoms with Gasteiger partial charge >= 0.3 is 0 Å². The second kappa shape index (κ2) is 5.91. The van der Waals surface area contributed by atoms with Gasteiger partial charge in [-0.3, -0.25) is 9.78 Å². The summed E-state index contributed by atoms with van der Waals surface area (Å²) in [6.07, 6.45) is 7.00. The van der Waals surface area contributed by atoms with Crippen LogP contribution in [0.2, 0.25) is 0 Å². The third-order valence-corrected chi connectivity index (χ3v) is 2.79. The minimum atomic E-state index is 0.620. The van der Waals surface area contributed by atoms with E-state index in [0.717, 1.165) is 25.1 Å². The molecule has 2 heterocycles. The lowest BCUT2D eigenvalue weighted by atomic mass is 10.2. The van der Waals surface area contributed by atoms with Gasteiger partial charge in [-0.2, -0.15) is 0 Å². The Balaban J connectivity index is 2.04. The lowest BCUT2D eigenvalue weighted by molar-refractivity contribution is 0.112. The molecule has 2 aromatic heterocycles. The smallest absolute Gasteiger partial charge is 0.153 e. The highest BCUT2D eigenvalue weighted by atomic mass is 16.1. The van der Waals surface area contributed by atoms with Crippen molar-refractivity contribution in [2.24, 2.45) is 0 Å². The second-order valence-electron chi connectivity index (χ2n) is 4.06. The molecule has 4 heteroatoms. The molecule has 0 bridgehead atoms. The number of likely N-dealkylation sites (N-methyl/N-ethyl adjacent to an activating group) is 1. The zero-order valence-corrected chi connectivity index (χ0v) is 10.3. The lowest BCUT2D eigenvalue weighted by Gasteiger charge is -2.19. The van der Waals surface area contributed by atoms with E-state index in [0.29, 0.717) is 5.56 Å². The molecule has 0 aliphatic rings. The van der Waals surface area contributed by atoms with Crippen molar-refractivity contribution >= 4 is 12.1 Å². The van der Waals surface area contributed by atoms with Gasteiger partial charge in [-0.1, -0.05) is 0 Å². The Morgan fingerprint density at radius 3 is 2.72 bits per heavy atom. The van der Waals surface area contributed by atoms with Crippen molar-refractivity contribution < 1.29 is 4.79 Å². The lowest BCUT2D eigenvalue weighted by Crippen LogP contribution is -2.22. The predicted molar refractivity (Wildman–Crippen MR) is 70.8 cm³/mol. The summed E-state index contributed by atoms with van der Waals surface area (Å²) in [5, 5.41) is 0. The van der Waals surface area contributed by atoms with Crippen LogP contribution in [-0.2, 0) is 6.42 Å². The Kier molecular flexibility index (Phi) is 4.02. The largest absolute Gasteiger partial charge is 0.359 e. The number of aromatic nitrogens is 2. The molecule has 0 spiro atoms. The number of hydrogen-bond donors (Lipinski definition) is 0. The molecule has 0 aliphatic carbocycles. The number of carbonyl (C=O) groups excluding carboxylic acids is 1. The molecule has 18 heavy (non-hydrogen) atoms. The minimum absolute atomic E-state index is 0.620. The molecule has 0 N–H and O–H groups in total. The monoisotopic (exact) mass is 241 g/mol. The zero-order chi connectivity index (χ0) is 12.8. The topological polar surface area (TPSA) is 46.1 Å². The highest BCUT2D eigenvalue weighted by Gasteiger charge is 2.07. The molecule has 0 aromatic carbocycles.